The van der Waals surface area contributed by atoms with Gasteiger partial charge in [0.25, 0.3) is 0 Å². The number of benzene rings is 3. The summed E-state index contributed by atoms with van der Waals surface area (Å²) >= 11 is 3.01. The third-order valence-corrected chi connectivity index (χ3v) is 6.89. The SMILES string of the molecule is CC(Sc1nnc2sc3ccccc3n12)C(=O)Nc1ccccc1-c1ccccc1. The van der Waals surface area contributed by atoms with E-state index in [-0.39, 0.29) is 11.2 Å². The Morgan fingerprint density at radius 2 is 1.70 bits per heavy atom. The highest BCUT2D eigenvalue weighted by atomic mass is 32.2. The second kappa shape index (κ2) is 7.93. The molecule has 30 heavy (non-hydrogen) atoms. The molecule has 5 rings (SSSR count). The van der Waals surface area contributed by atoms with Crippen LogP contribution in [0.1, 0.15) is 6.92 Å². The Kier molecular flexibility index (Phi) is 4.98. The molecular formula is C23H18N4OS2. The first kappa shape index (κ1) is 18.8. The topological polar surface area (TPSA) is 59.3 Å². The van der Waals surface area contributed by atoms with Gasteiger partial charge in [-0.1, -0.05) is 83.8 Å². The summed E-state index contributed by atoms with van der Waals surface area (Å²) < 4.78 is 3.17. The number of carbonyl (C=O) groups excluding carboxylic acids is 1. The molecule has 2 heterocycles. The van der Waals surface area contributed by atoms with Gasteiger partial charge < -0.3 is 5.32 Å². The van der Waals surface area contributed by atoms with Gasteiger partial charge in [0.2, 0.25) is 10.9 Å². The van der Waals surface area contributed by atoms with E-state index in [9.17, 15) is 4.79 Å². The molecule has 0 fully saturated rings. The van der Waals surface area contributed by atoms with E-state index in [1.165, 1.54) is 11.8 Å². The quantitative estimate of drug-likeness (QED) is 0.362. The molecule has 0 saturated heterocycles. The molecule has 0 spiro atoms. The lowest BCUT2D eigenvalue weighted by molar-refractivity contribution is -0.115. The predicted octanol–water partition coefficient (Wildman–Crippen LogP) is 5.73. The van der Waals surface area contributed by atoms with Crippen molar-refractivity contribution in [1.29, 1.82) is 0 Å². The average molecular weight is 431 g/mol. The molecule has 3 aromatic carbocycles. The first-order valence-corrected chi connectivity index (χ1v) is 11.2. The van der Waals surface area contributed by atoms with Crippen molar-refractivity contribution in [3.63, 3.8) is 0 Å². The number of fused-ring (bicyclic) bond motifs is 3. The molecular weight excluding hydrogens is 412 g/mol. The zero-order valence-corrected chi connectivity index (χ0v) is 17.8. The van der Waals surface area contributed by atoms with Crippen LogP contribution in [0.2, 0.25) is 0 Å². The van der Waals surface area contributed by atoms with Crippen molar-refractivity contribution >= 4 is 49.9 Å². The Hall–Kier alpha value is -3.16. The van der Waals surface area contributed by atoms with E-state index in [0.717, 1.165) is 37.1 Å². The van der Waals surface area contributed by atoms with Crippen LogP contribution in [0, 0.1) is 0 Å². The number of hydrogen-bond donors (Lipinski definition) is 1. The molecule has 2 aromatic heterocycles. The summed E-state index contributed by atoms with van der Waals surface area (Å²) in [4.78, 5) is 13.8. The summed E-state index contributed by atoms with van der Waals surface area (Å²) in [6.07, 6.45) is 0. The lowest BCUT2D eigenvalue weighted by Crippen LogP contribution is -2.23. The number of anilines is 1. The Balaban J connectivity index is 1.39. The molecule has 0 saturated carbocycles. The number of carbonyl (C=O) groups is 1. The first-order chi connectivity index (χ1) is 14.7. The number of thiazole rings is 1. The maximum absolute atomic E-state index is 13.0. The normalized spacial score (nSPS) is 12.3. The van der Waals surface area contributed by atoms with Crippen molar-refractivity contribution in [3.05, 3.63) is 78.9 Å². The fourth-order valence-corrected chi connectivity index (χ4v) is 5.22. The van der Waals surface area contributed by atoms with E-state index < -0.39 is 0 Å². The third kappa shape index (κ3) is 3.46. The molecule has 1 N–H and O–H groups in total. The number of nitrogens with one attached hydrogen (secondary N) is 1. The van der Waals surface area contributed by atoms with Crippen molar-refractivity contribution < 1.29 is 4.79 Å². The molecule has 1 atom stereocenters. The van der Waals surface area contributed by atoms with Crippen LogP contribution in [0.15, 0.2) is 84.0 Å². The van der Waals surface area contributed by atoms with E-state index in [1.54, 1.807) is 11.3 Å². The highest BCUT2D eigenvalue weighted by molar-refractivity contribution is 8.00. The van der Waals surface area contributed by atoms with Crippen LogP contribution in [-0.2, 0) is 4.79 Å². The summed E-state index contributed by atoms with van der Waals surface area (Å²) in [6.45, 7) is 1.89. The Morgan fingerprint density at radius 3 is 2.57 bits per heavy atom. The Bertz CT molecular complexity index is 1340. The highest BCUT2D eigenvalue weighted by Crippen LogP contribution is 2.32. The number of nitrogens with zero attached hydrogens (tertiary/aromatic N) is 3. The van der Waals surface area contributed by atoms with Gasteiger partial charge in [0, 0.05) is 11.3 Å². The maximum Gasteiger partial charge on any atom is 0.237 e. The minimum absolute atomic E-state index is 0.0698. The van der Waals surface area contributed by atoms with Gasteiger partial charge >= 0.3 is 0 Å². The maximum atomic E-state index is 13.0. The van der Waals surface area contributed by atoms with Crippen LogP contribution in [0.4, 0.5) is 5.69 Å². The third-order valence-electron chi connectivity index (χ3n) is 4.83. The second-order valence-corrected chi connectivity index (χ2v) is 9.15. The number of thioether (sulfide) groups is 1. The van der Waals surface area contributed by atoms with E-state index >= 15 is 0 Å². The Labute approximate surface area is 181 Å². The number of rotatable bonds is 5. The minimum Gasteiger partial charge on any atom is -0.325 e. The van der Waals surface area contributed by atoms with Crippen molar-refractivity contribution in [1.82, 2.24) is 14.6 Å². The van der Waals surface area contributed by atoms with Crippen molar-refractivity contribution in [3.8, 4) is 11.1 Å². The van der Waals surface area contributed by atoms with Gasteiger partial charge in [0.15, 0.2) is 5.16 Å². The molecule has 1 amide bonds. The van der Waals surface area contributed by atoms with Crippen LogP contribution < -0.4 is 5.32 Å². The standard InChI is InChI=1S/C23H18N4OS2/c1-15(29-22-25-26-23-27(22)19-13-7-8-14-20(19)30-23)21(28)24-18-12-6-5-11-17(18)16-9-3-2-4-10-16/h2-15H,1H3,(H,24,28). The molecule has 5 nitrogen and oxygen atoms in total. The summed E-state index contributed by atoms with van der Waals surface area (Å²) in [5, 5.41) is 12.1. The number of aromatic nitrogens is 3. The highest BCUT2D eigenvalue weighted by Gasteiger charge is 2.21. The summed E-state index contributed by atoms with van der Waals surface area (Å²) in [5.74, 6) is -0.0698. The van der Waals surface area contributed by atoms with Gasteiger partial charge in [-0.05, 0) is 30.7 Å². The molecule has 148 valence electrons. The summed E-state index contributed by atoms with van der Waals surface area (Å²) in [5.41, 5.74) is 3.93. The Morgan fingerprint density at radius 1 is 0.967 bits per heavy atom. The monoisotopic (exact) mass is 430 g/mol. The first-order valence-electron chi connectivity index (χ1n) is 9.55. The molecule has 0 aliphatic carbocycles. The zero-order chi connectivity index (χ0) is 20.5. The number of hydrogen-bond acceptors (Lipinski definition) is 5. The van der Waals surface area contributed by atoms with E-state index in [1.807, 2.05) is 84.1 Å². The van der Waals surface area contributed by atoms with Crippen LogP contribution >= 0.6 is 23.1 Å². The number of amides is 1. The van der Waals surface area contributed by atoms with E-state index in [0.29, 0.717) is 0 Å². The average Bonchev–Trinajstić information content (AvgIpc) is 3.34. The molecule has 7 heteroatoms. The molecule has 1 unspecified atom stereocenters. The van der Waals surface area contributed by atoms with Crippen LogP contribution in [0.3, 0.4) is 0 Å². The predicted molar refractivity (Wildman–Crippen MR) is 124 cm³/mol. The lowest BCUT2D eigenvalue weighted by atomic mass is 10.0. The molecule has 5 aromatic rings. The van der Waals surface area contributed by atoms with Crippen LogP contribution in [0.5, 0.6) is 0 Å². The smallest absolute Gasteiger partial charge is 0.237 e. The van der Waals surface area contributed by atoms with E-state index in [4.69, 9.17) is 0 Å². The van der Waals surface area contributed by atoms with Crippen molar-refractivity contribution in [2.75, 3.05) is 5.32 Å². The minimum atomic E-state index is -0.333. The molecule has 0 bridgehead atoms. The molecule has 0 aliphatic heterocycles. The van der Waals surface area contributed by atoms with Gasteiger partial charge in [-0.15, -0.1) is 10.2 Å². The largest absolute Gasteiger partial charge is 0.325 e. The van der Waals surface area contributed by atoms with Gasteiger partial charge in [-0.3, -0.25) is 9.20 Å². The van der Waals surface area contributed by atoms with Gasteiger partial charge in [-0.2, -0.15) is 0 Å². The molecule has 0 radical (unpaired) electrons. The van der Waals surface area contributed by atoms with Crippen LogP contribution in [-0.4, -0.2) is 25.8 Å². The second-order valence-electron chi connectivity index (χ2n) is 6.83. The fourth-order valence-electron chi connectivity index (χ4n) is 3.34. The van der Waals surface area contributed by atoms with Gasteiger partial charge in [0.05, 0.1) is 15.5 Å². The van der Waals surface area contributed by atoms with Gasteiger partial charge in [0.1, 0.15) is 0 Å². The fraction of sp³-hybridized carbons (Fsp3) is 0.0870. The lowest BCUT2D eigenvalue weighted by Gasteiger charge is -2.14. The van der Waals surface area contributed by atoms with Gasteiger partial charge in [-0.25, -0.2) is 0 Å². The van der Waals surface area contributed by atoms with E-state index in [2.05, 4.69) is 21.6 Å². The summed E-state index contributed by atoms with van der Waals surface area (Å²) in [7, 11) is 0. The summed E-state index contributed by atoms with van der Waals surface area (Å²) in [6, 6.07) is 26.0. The van der Waals surface area contributed by atoms with Crippen molar-refractivity contribution in [2.24, 2.45) is 0 Å². The zero-order valence-electron chi connectivity index (χ0n) is 16.1. The van der Waals surface area contributed by atoms with Crippen LogP contribution in [0.25, 0.3) is 26.3 Å². The molecule has 0 aliphatic rings. The van der Waals surface area contributed by atoms with Crippen molar-refractivity contribution in [2.45, 2.75) is 17.3 Å². The number of para-hydroxylation sites is 2.